The van der Waals surface area contributed by atoms with E-state index in [-0.39, 0.29) is 17.3 Å². The molecule has 0 spiro atoms. The molecule has 2 fully saturated rings. The maximum absolute atomic E-state index is 11.4. The first-order chi connectivity index (χ1) is 7.72. The lowest BCUT2D eigenvalue weighted by Crippen LogP contribution is -2.13. The van der Waals surface area contributed by atoms with Crippen molar-refractivity contribution in [2.45, 2.75) is 26.2 Å². The maximum atomic E-state index is 11.4. The number of rotatable bonds is 4. The minimum atomic E-state index is 0.0450. The molecule has 0 unspecified atom stereocenters. The number of esters is 1. The molecule has 2 aliphatic rings. The van der Waals surface area contributed by atoms with Gasteiger partial charge in [-0.2, -0.15) is 0 Å². The molecule has 3 atom stereocenters. The van der Waals surface area contributed by atoms with Crippen LogP contribution in [0.3, 0.4) is 0 Å². The van der Waals surface area contributed by atoms with Crippen LogP contribution in [-0.2, 0) is 16.0 Å². The van der Waals surface area contributed by atoms with Gasteiger partial charge in [0, 0.05) is 10.8 Å². The van der Waals surface area contributed by atoms with E-state index in [2.05, 4.69) is 24.4 Å². The third-order valence-corrected chi connectivity index (χ3v) is 5.16. The summed E-state index contributed by atoms with van der Waals surface area (Å²) in [5.41, 5.74) is 0.257. The second-order valence-electron chi connectivity index (χ2n) is 5.15. The predicted molar refractivity (Wildman–Crippen MR) is 63.3 cm³/mol. The maximum Gasteiger partial charge on any atom is 0.309 e. The van der Waals surface area contributed by atoms with Crippen LogP contribution in [0.25, 0.3) is 0 Å². The van der Waals surface area contributed by atoms with E-state index in [1.807, 2.05) is 11.3 Å². The van der Waals surface area contributed by atoms with Crippen LogP contribution in [0.2, 0.25) is 0 Å². The highest BCUT2D eigenvalue weighted by Crippen LogP contribution is 2.64. The Kier molecular flexibility index (Phi) is 2.32. The normalized spacial score (nSPS) is 35.9. The smallest absolute Gasteiger partial charge is 0.309 e. The SMILES string of the molecule is C[C@@]1(CCCc2cccs2)[C@@H]2COC(=O)[C@@H]21. The minimum Gasteiger partial charge on any atom is -0.465 e. The molecule has 86 valence electrons. The van der Waals surface area contributed by atoms with Gasteiger partial charge in [-0.15, -0.1) is 11.3 Å². The standard InChI is InChI=1S/C13H16O2S/c1-13(10-8-15-12(14)11(10)13)6-2-4-9-5-3-7-16-9/h3,5,7,10-11H,2,4,6,8H2,1H3/t10-,11-,13-/m1/s1. The molecule has 16 heavy (non-hydrogen) atoms. The molecular weight excluding hydrogens is 220 g/mol. The van der Waals surface area contributed by atoms with E-state index in [9.17, 15) is 4.79 Å². The topological polar surface area (TPSA) is 26.3 Å². The Labute approximate surface area is 99.6 Å². The molecule has 2 heterocycles. The molecule has 0 N–H and O–H groups in total. The van der Waals surface area contributed by atoms with Crippen molar-refractivity contribution in [1.29, 1.82) is 0 Å². The summed E-state index contributed by atoms with van der Waals surface area (Å²) in [7, 11) is 0. The van der Waals surface area contributed by atoms with Gasteiger partial charge in [-0.25, -0.2) is 0 Å². The van der Waals surface area contributed by atoms with E-state index in [0.29, 0.717) is 12.5 Å². The Morgan fingerprint density at radius 3 is 3.12 bits per heavy atom. The van der Waals surface area contributed by atoms with Gasteiger partial charge in [0.2, 0.25) is 0 Å². The van der Waals surface area contributed by atoms with E-state index >= 15 is 0 Å². The van der Waals surface area contributed by atoms with Crippen molar-refractivity contribution in [3.63, 3.8) is 0 Å². The van der Waals surface area contributed by atoms with Gasteiger partial charge >= 0.3 is 5.97 Å². The summed E-state index contributed by atoms with van der Waals surface area (Å²) in [6.45, 7) is 2.91. The number of hydrogen-bond acceptors (Lipinski definition) is 3. The number of hydrogen-bond donors (Lipinski definition) is 0. The highest BCUT2D eigenvalue weighted by molar-refractivity contribution is 7.09. The molecule has 3 heteroatoms. The van der Waals surface area contributed by atoms with Gasteiger partial charge in [-0.05, 0) is 36.1 Å². The van der Waals surface area contributed by atoms with Crippen molar-refractivity contribution in [3.8, 4) is 0 Å². The van der Waals surface area contributed by atoms with Gasteiger partial charge in [-0.1, -0.05) is 13.0 Å². The van der Waals surface area contributed by atoms with Crippen LogP contribution in [-0.4, -0.2) is 12.6 Å². The summed E-state index contributed by atoms with van der Waals surface area (Å²) in [4.78, 5) is 12.9. The number of carbonyl (C=O) groups excluding carboxylic acids is 1. The zero-order valence-electron chi connectivity index (χ0n) is 9.44. The molecule has 1 saturated heterocycles. The van der Waals surface area contributed by atoms with E-state index in [1.165, 1.54) is 11.3 Å². The monoisotopic (exact) mass is 236 g/mol. The third kappa shape index (κ3) is 1.49. The average Bonchev–Trinajstić information content (AvgIpc) is 2.66. The number of carbonyl (C=O) groups is 1. The third-order valence-electron chi connectivity index (χ3n) is 4.23. The molecule has 0 aromatic carbocycles. The molecule has 1 aliphatic heterocycles. The lowest BCUT2D eigenvalue weighted by Gasteiger charge is -2.14. The fourth-order valence-electron chi connectivity index (χ4n) is 3.08. The summed E-state index contributed by atoms with van der Waals surface area (Å²) in [6, 6.07) is 4.29. The first-order valence-corrected chi connectivity index (χ1v) is 6.79. The van der Waals surface area contributed by atoms with Crippen LogP contribution in [0.5, 0.6) is 0 Å². The van der Waals surface area contributed by atoms with Crippen molar-refractivity contribution in [3.05, 3.63) is 22.4 Å². The highest BCUT2D eigenvalue weighted by atomic mass is 32.1. The van der Waals surface area contributed by atoms with E-state index in [1.54, 1.807) is 0 Å². The van der Waals surface area contributed by atoms with Gasteiger partial charge in [0.05, 0.1) is 12.5 Å². The van der Waals surface area contributed by atoms with E-state index in [4.69, 9.17) is 4.74 Å². The van der Waals surface area contributed by atoms with Gasteiger partial charge in [0.15, 0.2) is 0 Å². The first kappa shape index (κ1) is 10.3. The second-order valence-corrected chi connectivity index (χ2v) is 6.19. The van der Waals surface area contributed by atoms with Crippen molar-refractivity contribution in [2.75, 3.05) is 6.61 Å². The van der Waals surface area contributed by atoms with Crippen molar-refractivity contribution in [2.24, 2.45) is 17.3 Å². The lowest BCUT2D eigenvalue weighted by atomic mass is 9.96. The van der Waals surface area contributed by atoms with Gasteiger partial charge in [0.1, 0.15) is 0 Å². The van der Waals surface area contributed by atoms with Gasteiger partial charge in [-0.3, -0.25) is 4.79 Å². The second kappa shape index (κ2) is 3.59. The summed E-state index contributed by atoms with van der Waals surface area (Å²) >= 11 is 1.82. The largest absolute Gasteiger partial charge is 0.465 e. The summed E-state index contributed by atoms with van der Waals surface area (Å²) in [5.74, 6) is 0.780. The molecule has 0 amide bonds. The quantitative estimate of drug-likeness (QED) is 0.751. The summed E-state index contributed by atoms with van der Waals surface area (Å²) < 4.78 is 5.03. The van der Waals surface area contributed by atoms with Crippen LogP contribution in [0, 0.1) is 17.3 Å². The van der Waals surface area contributed by atoms with E-state index < -0.39 is 0 Å². The van der Waals surface area contributed by atoms with Crippen LogP contribution in [0.15, 0.2) is 17.5 Å². The number of ether oxygens (including phenoxy) is 1. The average molecular weight is 236 g/mol. The Bertz CT molecular complexity index is 398. The molecule has 0 radical (unpaired) electrons. The number of aryl methyl sites for hydroxylation is 1. The summed E-state index contributed by atoms with van der Waals surface area (Å²) in [6.07, 6.45) is 3.51. The highest BCUT2D eigenvalue weighted by Gasteiger charge is 2.68. The minimum absolute atomic E-state index is 0.0450. The van der Waals surface area contributed by atoms with Crippen LogP contribution >= 0.6 is 11.3 Å². The molecule has 1 aliphatic carbocycles. The molecule has 1 aromatic rings. The van der Waals surface area contributed by atoms with Crippen LogP contribution < -0.4 is 0 Å². The Morgan fingerprint density at radius 1 is 1.62 bits per heavy atom. The molecule has 0 bridgehead atoms. The van der Waals surface area contributed by atoms with Gasteiger partial charge in [0.25, 0.3) is 0 Å². The van der Waals surface area contributed by atoms with E-state index in [0.717, 1.165) is 12.8 Å². The van der Waals surface area contributed by atoms with Crippen molar-refractivity contribution in [1.82, 2.24) is 0 Å². The zero-order chi connectivity index (χ0) is 11.2. The molecule has 1 saturated carbocycles. The Balaban J connectivity index is 1.52. The Hall–Kier alpha value is -0.830. The van der Waals surface area contributed by atoms with Crippen molar-refractivity contribution >= 4 is 17.3 Å². The van der Waals surface area contributed by atoms with Crippen LogP contribution in [0.4, 0.5) is 0 Å². The van der Waals surface area contributed by atoms with Crippen molar-refractivity contribution < 1.29 is 9.53 Å². The fraction of sp³-hybridized carbons (Fsp3) is 0.615. The first-order valence-electron chi connectivity index (χ1n) is 5.91. The summed E-state index contributed by atoms with van der Waals surface area (Å²) in [5, 5.41) is 2.13. The molecular formula is C13H16O2S. The fourth-order valence-corrected chi connectivity index (χ4v) is 3.83. The molecule has 1 aromatic heterocycles. The Morgan fingerprint density at radius 2 is 2.50 bits per heavy atom. The zero-order valence-corrected chi connectivity index (χ0v) is 10.3. The number of fused-ring (bicyclic) bond motifs is 1. The molecule has 3 rings (SSSR count). The molecule has 2 nitrogen and oxygen atoms in total. The van der Waals surface area contributed by atoms with Crippen LogP contribution in [0.1, 0.15) is 24.6 Å². The number of cyclic esters (lactones) is 1. The predicted octanol–water partition coefficient (Wildman–Crippen LogP) is 2.88. The number of thiophene rings is 1. The lowest BCUT2D eigenvalue weighted by molar-refractivity contribution is -0.143. The van der Waals surface area contributed by atoms with Gasteiger partial charge < -0.3 is 4.74 Å².